The predicted molar refractivity (Wildman–Crippen MR) is 78.3 cm³/mol. The van der Waals surface area contributed by atoms with Crippen LogP contribution in [-0.4, -0.2) is 53.7 Å². The fourth-order valence-electron chi connectivity index (χ4n) is 2.59. The van der Waals surface area contributed by atoms with Gasteiger partial charge in [0, 0.05) is 25.2 Å². The van der Waals surface area contributed by atoms with E-state index in [1.165, 1.54) is 19.3 Å². The van der Waals surface area contributed by atoms with Crippen LogP contribution >= 0.6 is 0 Å². The highest BCUT2D eigenvalue weighted by molar-refractivity contribution is 5.68. The number of fused-ring (bicyclic) bond motifs is 2. The zero-order chi connectivity index (χ0) is 14.6. The van der Waals surface area contributed by atoms with Crippen LogP contribution in [0.2, 0.25) is 0 Å². The van der Waals surface area contributed by atoms with E-state index < -0.39 is 0 Å². The first-order valence-corrected chi connectivity index (χ1v) is 7.48. The molecular weight excluding hydrogens is 240 g/mol. The van der Waals surface area contributed by atoms with Gasteiger partial charge in [-0.25, -0.2) is 4.79 Å². The van der Waals surface area contributed by atoms with E-state index in [0.717, 1.165) is 13.1 Å². The Morgan fingerprint density at radius 2 is 1.58 bits per heavy atom. The Bertz CT molecular complexity index is 285. The lowest BCUT2D eigenvalue weighted by molar-refractivity contribution is 0.00577. The predicted octanol–water partition coefficient (Wildman–Crippen LogP) is 3.12. The summed E-state index contributed by atoms with van der Waals surface area (Å²) in [6, 6.07) is 1.07. The lowest BCUT2D eigenvalue weighted by Crippen LogP contribution is -2.54. The second kappa shape index (κ2) is 6.60. The lowest BCUT2D eigenvalue weighted by Gasteiger charge is -2.39. The molecule has 2 atom stereocenters. The van der Waals surface area contributed by atoms with Gasteiger partial charge >= 0.3 is 6.09 Å². The topological polar surface area (TPSA) is 32.8 Å². The summed E-state index contributed by atoms with van der Waals surface area (Å²) in [5.74, 6) is 0. The number of hydrogen-bond donors (Lipinski definition) is 0. The van der Waals surface area contributed by atoms with Crippen LogP contribution in [0.3, 0.4) is 0 Å². The molecule has 2 heterocycles. The maximum atomic E-state index is 11.9. The number of carbonyl (C=O) groups excluding carboxylic acids is 1. The van der Waals surface area contributed by atoms with E-state index in [-0.39, 0.29) is 11.7 Å². The van der Waals surface area contributed by atoms with Crippen molar-refractivity contribution >= 4 is 6.09 Å². The molecule has 2 saturated heterocycles. The first-order chi connectivity index (χ1) is 8.78. The van der Waals surface area contributed by atoms with Crippen LogP contribution in [0.15, 0.2) is 0 Å². The molecule has 0 aromatic carbocycles. The van der Waals surface area contributed by atoms with Gasteiger partial charge in [0.25, 0.3) is 0 Å². The molecule has 2 bridgehead atoms. The van der Waals surface area contributed by atoms with Gasteiger partial charge in [0.1, 0.15) is 5.60 Å². The van der Waals surface area contributed by atoms with Gasteiger partial charge in [-0.1, -0.05) is 20.3 Å². The van der Waals surface area contributed by atoms with Crippen molar-refractivity contribution < 1.29 is 9.53 Å². The first kappa shape index (κ1) is 16.3. The summed E-state index contributed by atoms with van der Waals surface area (Å²) in [7, 11) is 2.16. The molecule has 2 aliphatic rings. The second-order valence-corrected chi connectivity index (χ2v) is 6.64. The van der Waals surface area contributed by atoms with Crippen molar-refractivity contribution in [1.29, 1.82) is 0 Å². The summed E-state index contributed by atoms with van der Waals surface area (Å²) in [5, 5.41) is 0. The number of likely N-dealkylation sites (tertiary alicyclic amines) is 1. The molecule has 0 saturated carbocycles. The summed E-state index contributed by atoms with van der Waals surface area (Å²) < 4.78 is 5.41. The van der Waals surface area contributed by atoms with Crippen LogP contribution in [0.5, 0.6) is 0 Å². The molecule has 0 N–H and O–H groups in total. The number of hydrogen-bond acceptors (Lipinski definition) is 3. The normalized spacial score (nSPS) is 26.7. The average molecular weight is 270 g/mol. The van der Waals surface area contributed by atoms with E-state index in [9.17, 15) is 4.79 Å². The summed E-state index contributed by atoms with van der Waals surface area (Å²) in [6.45, 7) is 11.6. The molecule has 0 aromatic rings. The lowest BCUT2D eigenvalue weighted by atomic mass is 10.2. The van der Waals surface area contributed by atoms with Gasteiger partial charge < -0.3 is 9.64 Å². The Hall–Kier alpha value is -0.770. The molecule has 0 aromatic heterocycles. The Labute approximate surface area is 118 Å². The van der Waals surface area contributed by atoms with Crippen molar-refractivity contribution in [3.63, 3.8) is 0 Å². The van der Waals surface area contributed by atoms with E-state index in [2.05, 4.69) is 25.8 Å². The van der Waals surface area contributed by atoms with Gasteiger partial charge in [0.15, 0.2) is 0 Å². The van der Waals surface area contributed by atoms with Crippen LogP contribution in [0.4, 0.5) is 4.79 Å². The van der Waals surface area contributed by atoms with E-state index in [1.54, 1.807) is 0 Å². The molecule has 0 radical (unpaired) electrons. The minimum atomic E-state index is -0.389. The molecule has 112 valence electrons. The third-order valence-electron chi connectivity index (χ3n) is 3.50. The summed E-state index contributed by atoms with van der Waals surface area (Å²) in [5.41, 5.74) is -0.389. The van der Waals surface area contributed by atoms with Crippen molar-refractivity contribution in [3.05, 3.63) is 0 Å². The molecule has 1 amide bonds. The molecule has 4 heteroatoms. The maximum absolute atomic E-state index is 11.9. The molecule has 0 aliphatic carbocycles. The number of ether oxygens (including phenoxy) is 1. The molecule has 4 nitrogen and oxygen atoms in total. The number of likely N-dealkylation sites (N-methyl/N-ethyl adjacent to an activating group) is 1. The Morgan fingerprint density at radius 3 is 1.95 bits per heavy atom. The number of rotatable bonds is 0. The Morgan fingerprint density at radius 1 is 1.16 bits per heavy atom. The summed E-state index contributed by atoms with van der Waals surface area (Å²) >= 11 is 0. The second-order valence-electron chi connectivity index (χ2n) is 6.64. The summed E-state index contributed by atoms with van der Waals surface area (Å²) in [4.78, 5) is 16.2. The maximum Gasteiger partial charge on any atom is 0.410 e. The number of amides is 1. The van der Waals surface area contributed by atoms with Crippen molar-refractivity contribution in [2.45, 2.75) is 71.6 Å². The van der Waals surface area contributed by atoms with E-state index >= 15 is 0 Å². The van der Waals surface area contributed by atoms with Crippen LogP contribution in [0, 0.1) is 0 Å². The van der Waals surface area contributed by atoms with Gasteiger partial charge in [-0.05, 0) is 40.7 Å². The zero-order valence-electron chi connectivity index (χ0n) is 13.4. The van der Waals surface area contributed by atoms with Crippen molar-refractivity contribution in [1.82, 2.24) is 9.80 Å². The van der Waals surface area contributed by atoms with Gasteiger partial charge in [0.05, 0.1) is 0 Å². The molecule has 2 unspecified atom stereocenters. The SMILES string of the molecule is CCC.CN1C2CCC1CN(C(=O)OC(C)(C)C)C2. The molecule has 0 spiro atoms. The fraction of sp³-hybridized carbons (Fsp3) is 0.933. The van der Waals surface area contributed by atoms with Crippen LogP contribution < -0.4 is 0 Å². The first-order valence-electron chi connectivity index (χ1n) is 7.48. The highest BCUT2D eigenvalue weighted by Crippen LogP contribution is 2.29. The van der Waals surface area contributed by atoms with Gasteiger partial charge in [-0.3, -0.25) is 4.90 Å². The van der Waals surface area contributed by atoms with Gasteiger partial charge in [0.2, 0.25) is 0 Å². The van der Waals surface area contributed by atoms with Gasteiger partial charge in [-0.2, -0.15) is 0 Å². The minimum absolute atomic E-state index is 0.155. The van der Waals surface area contributed by atoms with Crippen LogP contribution in [-0.2, 0) is 4.74 Å². The number of piperazine rings is 1. The van der Waals surface area contributed by atoms with E-state index in [4.69, 9.17) is 4.74 Å². The highest BCUT2D eigenvalue weighted by Gasteiger charge is 2.40. The van der Waals surface area contributed by atoms with Crippen molar-refractivity contribution in [2.24, 2.45) is 0 Å². The summed E-state index contributed by atoms with van der Waals surface area (Å²) in [6.07, 6.45) is 3.51. The molecule has 19 heavy (non-hydrogen) atoms. The standard InChI is InChI=1S/C12H22N2O2.C3H8/c1-12(2,3)16-11(15)14-7-9-5-6-10(8-14)13(9)4;1-3-2/h9-10H,5-8H2,1-4H3;3H2,1-2H3. The quantitative estimate of drug-likeness (QED) is 0.678. The highest BCUT2D eigenvalue weighted by atomic mass is 16.6. The zero-order valence-corrected chi connectivity index (χ0v) is 13.4. The fourth-order valence-corrected chi connectivity index (χ4v) is 2.59. The minimum Gasteiger partial charge on any atom is -0.444 e. The van der Waals surface area contributed by atoms with Crippen LogP contribution in [0.25, 0.3) is 0 Å². The smallest absolute Gasteiger partial charge is 0.410 e. The molecular formula is C15H30N2O2. The van der Waals surface area contributed by atoms with Crippen molar-refractivity contribution in [3.8, 4) is 0 Å². The van der Waals surface area contributed by atoms with Gasteiger partial charge in [-0.15, -0.1) is 0 Å². The average Bonchev–Trinajstić information content (AvgIpc) is 2.51. The Kier molecular flexibility index (Phi) is 5.65. The number of carbonyl (C=O) groups is 1. The van der Waals surface area contributed by atoms with Crippen LogP contribution in [0.1, 0.15) is 53.9 Å². The monoisotopic (exact) mass is 270 g/mol. The molecule has 2 aliphatic heterocycles. The van der Waals surface area contributed by atoms with Crippen molar-refractivity contribution in [2.75, 3.05) is 20.1 Å². The number of nitrogens with zero attached hydrogens (tertiary/aromatic N) is 2. The molecule has 2 fully saturated rings. The third kappa shape index (κ3) is 4.68. The van der Waals surface area contributed by atoms with E-state index in [0.29, 0.717) is 12.1 Å². The Balaban J connectivity index is 0.000000550. The molecule has 2 rings (SSSR count). The van der Waals surface area contributed by atoms with E-state index in [1.807, 2.05) is 25.7 Å². The largest absolute Gasteiger partial charge is 0.444 e. The third-order valence-corrected chi connectivity index (χ3v) is 3.50.